The summed E-state index contributed by atoms with van der Waals surface area (Å²) in [5.74, 6) is 0.0281. The van der Waals surface area contributed by atoms with E-state index in [-0.39, 0.29) is 16.9 Å². The van der Waals surface area contributed by atoms with E-state index in [4.69, 9.17) is 49.1 Å². The lowest BCUT2D eigenvalue weighted by atomic mass is 9.32. The molecule has 5 saturated carbocycles. The van der Waals surface area contributed by atoms with Crippen molar-refractivity contribution in [1.29, 1.82) is 0 Å². The number of carbonyl (C=O) groups is 4. The molecule has 1 aliphatic heterocycles. The fourth-order valence-corrected chi connectivity index (χ4v) is 13.1. The molecule has 6 fully saturated rings. The topological polar surface area (TPSA) is 249 Å². The van der Waals surface area contributed by atoms with Crippen LogP contribution in [0.5, 0.6) is 0 Å². The molecule has 0 spiro atoms. The predicted octanol–water partition coefficient (Wildman–Crippen LogP) is 6.21. The van der Waals surface area contributed by atoms with Crippen molar-refractivity contribution in [3.8, 4) is 0 Å². The van der Waals surface area contributed by atoms with Gasteiger partial charge in [0.25, 0.3) is 23.9 Å². The van der Waals surface area contributed by atoms with Gasteiger partial charge >= 0.3 is 0 Å². The summed E-state index contributed by atoms with van der Waals surface area (Å²) < 4.78 is 11.8. The summed E-state index contributed by atoms with van der Waals surface area (Å²) in [4.78, 5) is 36.0. The minimum absolute atomic E-state index is 0.156. The molecule has 1 unspecified atom stereocenters. The van der Waals surface area contributed by atoms with Gasteiger partial charge in [-0.3, -0.25) is 19.2 Å². The van der Waals surface area contributed by atoms with Gasteiger partial charge in [-0.15, -0.1) is 0 Å². The highest BCUT2D eigenvalue weighted by atomic mass is 16.6. The summed E-state index contributed by atoms with van der Waals surface area (Å²) in [5, 5.41) is 71.2. The normalized spacial score (nSPS) is 43.0. The van der Waals surface area contributed by atoms with Crippen LogP contribution in [0.25, 0.3) is 0 Å². The Morgan fingerprint density at radius 1 is 0.655 bits per heavy atom. The third-order valence-electron chi connectivity index (χ3n) is 15.6. The van der Waals surface area contributed by atoms with Crippen molar-refractivity contribution >= 4 is 23.9 Å². The fourth-order valence-electron chi connectivity index (χ4n) is 13.1. The first-order chi connectivity index (χ1) is 26.5. The molecule has 58 heavy (non-hydrogen) atoms. The van der Waals surface area contributed by atoms with E-state index < -0.39 is 61.2 Å². The molecule has 0 radical (unpaired) electrons. The van der Waals surface area contributed by atoms with E-state index in [2.05, 4.69) is 55.0 Å². The number of rotatable bonds is 4. The van der Waals surface area contributed by atoms with E-state index in [9.17, 15) is 20.4 Å². The van der Waals surface area contributed by atoms with Gasteiger partial charge in [0.05, 0.1) is 12.7 Å². The second-order valence-electron chi connectivity index (χ2n) is 19.6. The van der Waals surface area contributed by atoms with Crippen LogP contribution >= 0.6 is 0 Å². The molecular formula is C44H76O14. The molecule has 336 valence electrons. The average molecular weight is 829 g/mol. The highest BCUT2D eigenvalue weighted by Crippen LogP contribution is 2.77. The number of ether oxygens (including phenoxy) is 2. The number of aliphatic hydroxyl groups excluding tert-OH is 4. The molecule has 14 nitrogen and oxygen atoms in total. The first-order valence-corrected chi connectivity index (χ1v) is 20.9. The van der Waals surface area contributed by atoms with E-state index >= 15 is 0 Å². The molecule has 5 aliphatic carbocycles. The smallest absolute Gasteiger partial charge is 0.300 e. The van der Waals surface area contributed by atoms with Gasteiger partial charge in [-0.1, -0.05) is 53.7 Å². The second kappa shape index (κ2) is 19.8. The lowest BCUT2D eigenvalue weighted by Gasteiger charge is -2.73. The monoisotopic (exact) mass is 829 g/mol. The summed E-state index contributed by atoms with van der Waals surface area (Å²) in [7, 11) is 0. The Morgan fingerprint density at radius 2 is 1.17 bits per heavy atom. The Hall–Kier alpha value is -2.62. The average Bonchev–Trinajstić information content (AvgIpc) is 3.43. The van der Waals surface area contributed by atoms with Crippen LogP contribution in [0.15, 0.2) is 12.2 Å². The van der Waals surface area contributed by atoms with E-state index in [0.29, 0.717) is 34.0 Å². The zero-order valence-electron chi connectivity index (χ0n) is 36.9. The van der Waals surface area contributed by atoms with Gasteiger partial charge in [0.2, 0.25) is 0 Å². The van der Waals surface area contributed by atoms with Crippen molar-refractivity contribution in [2.45, 2.75) is 177 Å². The minimum Gasteiger partial charge on any atom is -0.481 e. The van der Waals surface area contributed by atoms with Gasteiger partial charge < -0.3 is 50.3 Å². The molecular weight excluding hydrogens is 752 g/mol. The van der Waals surface area contributed by atoms with Crippen molar-refractivity contribution in [2.24, 2.45) is 56.7 Å². The number of carboxylic acid groups (broad SMARTS) is 4. The van der Waals surface area contributed by atoms with Crippen LogP contribution < -0.4 is 0 Å². The Morgan fingerprint density at radius 3 is 1.66 bits per heavy atom. The maximum absolute atomic E-state index is 10.9. The van der Waals surface area contributed by atoms with Crippen LogP contribution in [0.1, 0.15) is 140 Å². The highest BCUT2D eigenvalue weighted by Gasteiger charge is 2.70. The number of hydrogen-bond acceptors (Lipinski definition) is 10. The molecule has 15 atom stereocenters. The fraction of sp³-hybridized carbons (Fsp3) is 0.864. The van der Waals surface area contributed by atoms with Gasteiger partial charge in [-0.05, 0) is 128 Å². The summed E-state index contributed by atoms with van der Waals surface area (Å²) >= 11 is 0. The maximum atomic E-state index is 10.9. The maximum Gasteiger partial charge on any atom is 0.300 e. The van der Waals surface area contributed by atoms with Crippen LogP contribution in [0.4, 0.5) is 0 Å². The van der Waals surface area contributed by atoms with Crippen molar-refractivity contribution in [3.63, 3.8) is 0 Å². The summed E-state index contributed by atoms with van der Waals surface area (Å²) in [6.07, 6.45) is 6.24. The third kappa shape index (κ3) is 10.8. The first kappa shape index (κ1) is 51.5. The Balaban J connectivity index is 0.000000621. The largest absolute Gasteiger partial charge is 0.481 e. The van der Waals surface area contributed by atoms with Gasteiger partial charge in [-0.25, -0.2) is 0 Å². The molecule has 0 aromatic rings. The molecule has 8 N–H and O–H groups in total. The lowest BCUT2D eigenvalue weighted by Crippen LogP contribution is -2.67. The van der Waals surface area contributed by atoms with Crippen molar-refractivity contribution in [1.82, 2.24) is 0 Å². The Bertz CT molecular complexity index is 1380. The molecule has 6 rings (SSSR count). The molecule has 1 saturated heterocycles. The number of carboxylic acids is 4. The molecule has 0 aromatic carbocycles. The van der Waals surface area contributed by atoms with E-state index in [0.717, 1.165) is 52.4 Å². The van der Waals surface area contributed by atoms with Gasteiger partial charge in [0, 0.05) is 27.7 Å². The zero-order chi connectivity index (χ0) is 44.9. The van der Waals surface area contributed by atoms with Crippen LogP contribution in [-0.4, -0.2) is 108 Å². The van der Waals surface area contributed by atoms with Crippen LogP contribution in [0.2, 0.25) is 0 Å². The Kier molecular flexibility index (Phi) is 17.6. The van der Waals surface area contributed by atoms with Gasteiger partial charge in [0.15, 0.2) is 6.29 Å². The SMILES string of the molecule is C=C(C)[C@@H]1CC[C@]2(C)CC[C@]3(C)[C@H](CC[C@@H]4[C@@]5(C)CCC(O[C@@H]6[C@@H](O)[C@H](O)O[C@H](CO)[C@H]6O)C(C)(C)[C@@H]5CC[C@]43C)[C@@H]12.CC(=O)O.CC(=O)O.CC(=O)O.CC(=O)O. The number of hydrogen-bond donors (Lipinski definition) is 8. The van der Waals surface area contributed by atoms with Crippen molar-refractivity contribution in [2.75, 3.05) is 6.61 Å². The van der Waals surface area contributed by atoms with E-state index in [1.165, 1.54) is 56.9 Å². The summed E-state index contributed by atoms with van der Waals surface area (Å²) in [6.45, 7) is 25.9. The molecule has 0 bridgehead atoms. The molecule has 1 heterocycles. The lowest BCUT2D eigenvalue weighted by molar-refractivity contribution is -0.315. The summed E-state index contributed by atoms with van der Waals surface area (Å²) in [6, 6.07) is 0. The third-order valence-corrected chi connectivity index (χ3v) is 15.6. The molecule has 0 amide bonds. The van der Waals surface area contributed by atoms with Crippen LogP contribution in [0.3, 0.4) is 0 Å². The van der Waals surface area contributed by atoms with E-state index in [1.54, 1.807) is 0 Å². The number of fused-ring (bicyclic) bond motifs is 7. The summed E-state index contributed by atoms with van der Waals surface area (Å²) in [5.41, 5.74) is 2.57. The Labute approximate surface area is 345 Å². The predicted molar refractivity (Wildman–Crippen MR) is 217 cm³/mol. The zero-order valence-corrected chi connectivity index (χ0v) is 36.9. The van der Waals surface area contributed by atoms with Gasteiger partial charge in [-0.2, -0.15) is 0 Å². The van der Waals surface area contributed by atoms with Crippen molar-refractivity contribution < 1.29 is 69.5 Å². The van der Waals surface area contributed by atoms with Gasteiger partial charge in [0.1, 0.15) is 24.4 Å². The first-order valence-electron chi connectivity index (χ1n) is 20.9. The van der Waals surface area contributed by atoms with Crippen molar-refractivity contribution in [3.05, 3.63) is 12.2 Å². The molecule has 6 aliphatic rings. The quantitative estimate of drug-likeness (QED) is 0.147. The van der Waals surface area contributed by atoms with Crippen LogP contribution in [0, 0.1) is 56.7 Å². The molecule has 0 aromatic heterocycles. The minimum atomic E-state index is -1.49. The number of allylic oxidation sites excluding steroid dienone is 1. The number of aliphatic carboxylic acids is 4. The second-order valence-corrected chi connectivity index (χ2v) is 19.6. The highest BCUT2D eigenvalue weighted by molar-refractivity contribution is 5.63. The standard InChI is InChI=1S/C36H60O6.4C2H4O2/c1-20(2)21-11-14-33(5)17-18-35(7)22(27(21)33)9-10-25-34(6)15-13-26(32(3,4)24(34)12-16-36(25,35)8)42-30-28(38)23(19-37)41-31(40)29(30)39;4*1-2(3)4/h21-31,37-40H,1,9-19H2,2-8H3;4*1H3,(H,3,4)/t21-,22+,23+,24-,25+,26?,27+,28+,29+,30-,31+,33+,34-,35+,36+;;;;/m0..../s1. The van der Waals surface area contributed by atoms with Crippen LogP contribution in [-0.2, 0) is 28.7 Å². The van der Waals surface area contributed by atoms with E-state index in [1.807, 2.05) is 0 Å². The number of aliphatic hydroxyl groups is 4. The molecule has 14 heteroatoms.